The molecule has 3 fully saturated rings. The van der Waals surface area contributed by atoms with E-state index in [1.165, 1.54) is 102 Å². The molecule has 40 heteroatoms. The number of anilines is 4. The lowest BCUT2D eigenvalue weighted by Gasteiger charge is -2.29. The van der Waals surface area contributed by atoms with Crippen molar-refractivity contribution in [1.82, 2.24) is 49.6 Å². The Bertz CT molecular complexity index is 4450. The van der Waals surface area contributed by atoms with Gasteiger partial charge in [-0.2, -0.15) is 4.31 Å². The predicted octanol–water partition coefficient (Wildman–Crippen LogP) is 12.3. The highest BCUT2D eigenvalue weighted by atomic mass is 35.7. The van der Waals surface area contributed by atoms with E-state index in [9.17, 15) is 82.5 Å². The second-order valence-electron chi connectivity index (χ2n) is 28.4. The number of carbonyl (C=O) groups excluding carboxylic acids is 5. The number of aliphatic hydroxyl groups is 3. The van der Waals surface area contributed by atoms with E-state index in [1.54, 1.807) is 27.7 Å². The first-order valence-electron chi connectivity index (χ1n) is 33.3. The van der Waals surface area contributed by atoms with Gasteiger partial charge in [0.1, 0.15) is 28.6 Å². The minimum atomic E-state index is -4.90. The molecule has 5 aliphatic heterocycles. The summed E-state index contributed by atoms with van der Waals surface area (Å²) in [5.74, 6) is -2.75. The summed E-state index contributed by atoms with van der Waals surface area (Å²) < 4.78 is 140. The van der Waals surface area contributed by atoms with Gasteiger partial charge in [-0.05, 0) is 186 Å². The minimum absolute atomic E-state index is 0. The molecule has 4 aromatic carbocycles. The molecule has 3 saturated heterocycles. The van der Waals surface area contributed by atoms with Gasteiger partial charge in [0.15, 0.2) is 10.1 Å². The molecule has 11 rings (SSSR count). The van der Waals surface area contributed by atoms with Crippen LogP contribution in [0, 0.1) is 0 Å². The second kappa shape index (κ2) is 37.7. The number of rotatable bonds is 20. The van der Waals surface area contributed by atoms with Gasteiger partial charge in [0, 0.05) is 69.8 Å². The Balaban J connectivity index is 0.000000348. The van der Waals surface area contributed by atoms with Crippen LogP contribution in [0.25, 0.3) is 0 Å². The topological polar surface area (TPSA) is 329 Å². The molecule has 6 aromatic rings. The van der Waals surface area contributed by atoms with E-state index < -0.39 is 100.0 Å². The number of benzene rings is 4. The van der Waals surface area contributed by atoms with Crippen LogP contribution in [-0.4, -0.2) is 184 Å². The van der Waals surface area contributed by atoms with Crippen molar-refractivity contribution >= 4 is 141 Å². The Hall–Kier alpha value is -6.77. The van der Waals surface area contributed by atoms with Crippen LogP contribution in [-0.2, 0) is 67.0 Å². The van der Waals surface area contributed by atoms with Gasteiger partial charge in [-0.15, -0.1) is 38.7 Å². The maximum Gasteiger partial charge on any atom is 0.573 e. The Morgan fingerprint density at radius 1 is 0.568 bits per heavy atom. The summed E-state index contributed by atoms with van der Waals surface area (Å²) in [5.41, 5.74) is -4.85. The Kier molecular flexibility index (Phi) is 32.8. The van der Waals surface area contributed by atoms with E-state index in [4.69, 9.17) is 57.1 Å². The fourth-order valence-corrected chi connectivity index (χ4v) is 16.3. The highest BCUT2D eigenvalue weighted by molar-refractivity contribution is 8.13. The number of hydrogen-bond acceptors (Lipinski definition) is 18. The number of nitrogens with one attached hydrogen (secondary N) is 4. The number of nitrogens with zero attached hydrogens (tertiary/aromatic N) is 8. The van der Waals surface area contributed by atoms with Gasteiger partial charge >= 0.3 is 12.7 Å². The van der Waals surface area contributed by atoms with Crippen molar-refractivity contribution in [3.8, 4) is 11.5 Å². The zero-order valence-electron chi connectivity index (χ0n) is 59.7. The maximum atomic E-state index is 14.3. The second-order valence-corrected chi connectivity index (χ2v) is 34.5. The number of sulfonamides is 1. The van der Waals surface area contributed by atoms with Crippen molar-refractivity contribution in [3.63, 3.8) is 0 Å². The molecule has 26 nitrogen and oxygen atoms in total. The molecule has 0 unspecified atom stereocenters. The fraction of sp³-hybridized carbons (Fsp3) is 0.507. The van der Waals surface area contributed by atoms with Crippen LogP contribution in [0.15, 0.2) is 107 Å². The smallest absolute Gasteiger partial charge is 0.406 e. The first-order valence-corrected chi connectivity index (χ1v) is 38.5. The number of hydrogen-bond donors (Lipinski definition) is 7. The summed E-state index contributed by atoms with van der Waals surface area (Å²) in [5, 5.41) is 40.1. The van der Waals surface area contributed by atoms with E-state index in [-0.39, 0.29) is 139 Å². The van der Waals surface area contributed by atoms with Gasteiger partial charge < -0.3 is 46.1 Å². The molecular formula is C71H94Cl6F6N12O14S2. The minimum Gasteiger partial charge on any atom is -0.406 e. The van der Waals surface area contributed by atoms with Crippen molar-refractivity contribution in [2.24, 2.45) is 0 Å². The van der Waals surface area contributed by atoms with Crippen LogP contribution in [0.5, 0.6) is 11.5 Å². The summed E-state index contributed by atoms with van der Waals surface area (Å²) >= 11 is 24.6. The van der Waals surface area contributed by atoms with Crippen LogP contribution < -0.4 is 40.5 Å². The third-order valence-corrected chi connectivity index (χ3v) is 21.4. The maximum absolute atomic E-state index is 14.3. The first-order chi connectivity index (χ1) is 49.4. The normalized spacial score (nSPS) is 19.9. The van der Waals surface area contributed by atoms with Gasteiger partial charge in [-0.25, -0.2) is 36.6 Å². The lowest BCUT2D eigenvalue weighted by atomic mass is 9.92. The number of imidazole rings is 2. The number of halogens is 12. The lowest BCUT2D eigenvalue weighted by Crippen LogP contribution is -2.49. The third kappa shape index (κ3) is 24.9. The monoisotopic (exact) mass is 1730 g/mol. The molecule has 0 aliphatic carbocycles. The summed E-state index contributed by atoms with van der Waals surface area (Å²) in [6.45, 7) is 15.1. The van der Waals surface area contributed by atoms with Crippen molar-refractivity contribution in [2.45, 2.75) is 198 Å². The molecule has 7 N–H and O–H groups in total. The van der Waals surface area contributed by atoms with E-state index in [0.717, 1.165) is 84.6 Å². The number of aromatic nitrogens is 4. The number of carbonyl (C=O) groups is 5. The highest BCUT2D eigenvalue weighted by Gasteiger charge is 2.55. The van der Waals surface area contributed by atoms with Gasteiger partial charge in [-0.1, -0.05) is 92.9 Å². The fourth-order valence-electron chi connectivity index (χ4n) is 12.5. The van der Waals surface area contributed by atoms with Crippen molar-refractivity contribution < 1.29 is 91.9 Å². The van der Waals surface area contributed by atoms with E-state index in [2.05, 4.69) is 45.6 Å². The molecule has 5 atom stereocenters. The Labute approximate surface area is 672 Å². The van der Waals surface area contributed by atoms with Gasteiger partial charge in [0.05, 0.1) is 52.7 Å². The van der Waals surface area contributed by atoms with Crippen LogP contribution >= 0.6 is 69.5 Å². The number of likely N-dealkylation sites (tertiary alicyclic amines) is 1. The molecule has 0 bridgehead atoms. The van der Waals surface area contributed by atoms with Crippen LogP contribution in [0.1, 0.15) is 127 Å². The number of likely N-dealkylation sites (N-methyl/N-ethyl adjacent to an activating group) is 1. The quantitative estimate of drug-likeness (QED) is 0.0276. The molecular weight excluding hydrogens is 1640 g/mol. The van der Waals surface area contributed by atoms with Crippen molar-refractivity contribution in [3.05, 3.63) is 129 Å². The van der Waals surface area contributed by atoms with Gasteiger partial charge in [0.2, 0.25) is 29.6 Å². The summed E-state index contributed by atoms with van der Waals surface area (Å²) in [6.07, 6.45) is -3.34. The SMILES string of the molecule is C.C.C.CC(C)(O)CNC(=O)[C@@H]1CCCN1.CC(C)(O)CNC(=O)[C@@H]1CCCN1S(=O)(=O)c1cnc2n1[C@](C)(Cc1ccc(OC(F)(F)F)cc1)C(=O)N2c1cc(Cl)cc(Cl)c1.CN1CCC[C@H]1C(=O)NCC(C)(C)O.C[C@@]1(Cc2ccc(OC(F)(F)F)cc2)C(=O)N(c2cc(Cl)cc(Cl)c2)c2ncc(S(=O)(=O)Cl)n21.Cl. The molecule has 0 spiro atoms. The third-order valence-electron chi connectivity index (χ3n) is 17.4. The van der Waals surface area contributed by atoms with E-state index >= 15 is 0 Å². The zero-order chi connectivity index (χ0) is 79.5. The summed E-state index contributed by atoms with van der Waals surface area (Å²) in [4.78, 5) is 76.9. The number of ether oxygens (including phenoxy) is 2. The average molecular weight is 1730 g/mol. The Morgan fingerprint density at radius 2 is 0.928 bits per heavy atom. The molecule has 618 valence electrons. The van der Waals surface area contributed by atoms with Crippen molar-refractivity contribution in [1.29, 1.82) is 0 Å². The number of fused-ring (bicyclic) bond motifs is 2. The average Bonchev–Trinajstić information content (AvgIpc) is 1.56. The molecule has 0 saturated carbocycles. The van der Waals surface area contributed by atoms with Crippen LogP contribution in [0.2, 0.25) is 20.1 Å². The number of alkyl halides is 6. The number of amides is 5. The standard InChI is InChI=1S/C29H30Cl2F3N5O6S.C20H13Cl3F3N3O4S.C10H20N2O2.C9H18N2O2.3CH4.ClH/c1-27(2,42)16-36-24(40)22-5-4-10-37(22)46(43,44)23-15-35-26-38(20-12-18(30)11-19(31)13-20)25(41)28(3,39(23)26)14-17-6-8-21(9-7-17)45-29(32,33)34;1-19(9-11-2-4-15(5-3-11)33-20(24,25)26)17(30)28(14-7-12(21)6-13(22)8-14)18-27-10-16(29(18)19)34(23,31)32;1-10(2,14)7-11-9(13)8-5-4-6-12(8)3;1-9(2,13)6-11-8(12)7-4-3-5-10-7;;;;/h6-9,11-13,15,22,42H,4-5,10,14,16H2,1-3H3,(H,36,40);2-8,10H,9H2,1H3;8,14H,4-7H2,1-3H3,(H,11,13);7,10,13H,3-6H2,1-2H3,(H,11,12);3*1H4;1H/t22-,28+;19-;8-;7-;;;;/m0100..../s1. The first kappa shape index (κ1) is 96.6. The molecule has 5 amide bonds. The zero-order valence-corrected chi connectivity index (χ0v) is 65.9. The van der Waals surface area contributed by atoms with Gasteiger partial charge in [0.25, 0.3) is 30.9 Å². The van der Waals surface area contributed by atoms with Crippen LogP contribution in [0.3, 0.4) is 0 Å². The predicted molar refractivity (Wildman–Crippen MR) is 415 cm³/mol. The largest absolute Gasteiger partial charge is 0.573 e. The highest BCUT2D eigenvalue weighted by Crippen LogP contribution is 2.48. The molecule has 2 aromatic heterocycles. The van der Waals surface area contributed by atoms with Gasteiger partial charge in [-0.3, -0.25) is 38.0 Å². The Morgan fingerprint density at radius 3 is 1.28 bits per heavy atom. The van der Waals surface area contributed by atoms with Crippen molar-refractivity contribution in [2.75, 3.05) is 56.1 Å². The molecule has 7 heterocycles. The van der Waals surface area contributed by atoms with Crippen LogP contribution in [0.4, 0.5) is 49.6 Å². The molecule has 5 aliphatic rings. The summed E-state index contributed by atoms with van der Waals surface area (Å²) in [6, 6.07) is 17.3. The summed E-state index contributed by atoms with van der Waals surface area (Å²) in [7, 11) is -1.23. The van der Waals surface area contributed by atoms with E-state index in [1.807, 2.05) is 7.05 Å². The lowest BCUT2D eigenvalue weighted by molar-refractivity contribution is -0.275. The molecule has 111 heavy (non-hydrogen) atoms. The van der Waals surface area contributed by atoms with E-state index in [0.29, 0.717) is 30.6 Å². The molecule has 0 radical (unpaired) electrons.